The molecule has 0 fully saturated rings. The Morgan fingerprint density at radius 3 is 2.60 bits per heavy atom. The summed E-state index contributed by atoms with van der Waals surface area (Å²) in [6, 6.07) is 7.30. The zero-order chi connectivity index (χ0) is 18.6. The molecule has 7 heteroatoms. The minimum absolute atomic E-state index is 0.0916. The summed E-state index contributed by atoms with van der Waals surface area (Å²) in [5.41, 5.74) is 12.4. The van der Waals surface area contributed by atoms with Crippen molar-refractivity contribution in [2.24, 2.45) is 16.5 Å². The summed E-state index contributed by atoms with van der Waals surface area (Å²) in [4.78, 5) is 8.67. The van der Waals surface area contributed by atoms with Gasteiger partial charge in [-0.15, -0.1) is 0 Å². The number of benzene rings is 1. The normalized spacial score (nSPS) is 12.3. The third kappa shape index (κ3) is 4.38. The van der Waals surface area contributed by atoms with Crippen LogP contribution in [0.5, 0.6) is 11.6 Å². The summed E-state index contributed by atoms with van der Waals surface area (Å²) >= 11 is 0. The lowest BCUT2D eigenvalue weighted by Gasteiger charge is -2.13. The van der Waals surface area contributed by atoms with Gasteiger partial charge in [-0.2, -0.15) is 10.2 Å². The molecule has 1 aromatic carbocycles. The van der Waals surface area contributed by atoms with Crippen molar-refractivity contribution in [1.82, 2.24) is 4.98 Å². The summed E-state index contributed by atoms with van der Waals surface area (Å²) in [6.07, 6.45) is 1.46. The lowest BCUT2D eigenvalue weighted by Crippen LogP contribution is -2.10. The number of pyridine rings is 1. The van der Waals surface area contributed by atoms with Crippen molar-refractivity contribution < 1.29 is 9.47 Å². The summed E-state index contributed by atoms with van der Waals surface area (Å²) < 4.78 is 11.1. The highest BCUT2D eigenvalue weighted by Crippen LogP contribution is 2.33. The third-order valence-electron chi connectivity index (χ3n) is 3.19. The number of methoxy groups -OCH3 is 1. The van der Waals surface area contributed by atoms with Crippen molar-refractivity contribution in [3.05, 3.63) is 35.5 Å². The molecule has 0 saturated heterocycles. The Labute approximate surface area is 146 Å². The van der Waals surface area contributed by atoms with Crippen LogP contribution < -0.4 is 20.9 Å². The first kappa shape index (κ1) is 18.1. The molecule has 130 valence electrons. The molecule has 2 rings (SSSR count). The molecule has 0 aliphatic carbocycles. The molecule has 0 aliphatic rings. The van der Waals surface area contributed by atoms with E-state index in [1.165, 1.54) is 7.11 Å². The molecule has 0 aliphatic heterocycles. The smallest absolute Gasteiger partial charge is 0.223 e. The van der Waals surface area contributed by atoms with Gasteiger partial charge in [0.1, 0.15) is 17.7 Å². The maximum atomic E-state index is 9.29. The lowest BCUT2D eigenvalue weighted by molar-refractivity contribution is 0.236. The van der Waals surface area contributed by atoms with E-state index in [1.54, 1.807) is 31.2 Å². The average Bonchev–Trinajstić information content (AvgIpc) is 2.52. The molecule has 0 spiro atoms. The Morgan fingerprint density at radius 1 is 1.32 bits per heavy atom. The number of nitrogens with zero attached hydrogens (tertiary/aromatic N) is 3. The zero-order valence-electron chi connectivity index (χ0n) is 14.7. The zero-order valence-corrected chi connectivity index (χ0v) is 14.7. The van der Waals surface area contributed by atoms with Crippen LogP contribution in [0.3, 0.4) is 0 Å². The number of aliphatic imine (C=N–C) groups is 1. The predicted molar refractivity (Wildman–Crippen MR) is 98.0 cm³/mol. The van der Waals surface area contributed by atoms with Gasteiger partial charge in [0.05, 0.1) is 18.8 Å². The first-order chi connectivity index (χ1) is 11.8. The monoisotopic (exact) mass is 339 g/mol. The van der Waals surface area contributed by atoms with Crippen molar-refractivity contribution >= 4 is 22.4 Å². The van der Waals surface area contributed by atoms with Gasteiger partial charge in [-0.25, -0.2) is 4.99 Å². The Hall–Kier alpha value is -3.27. The number of rotatable bonds is 5. The maximum Gasteiger partial charge on any atom is 0.223 e. The van der Waals surface area contributed by atoms with Crippen LogP contribution >= 0.6 is 0 Å². The second kappa shape index (κ2) is 7.53. The number of nitriles is 1. The van der Waals surface area contributed by atoms with E-state index in [4.69, 9.17) is 20.9 Å². The quantitative estimate of drug-likeness (QED) is 0.638. The summed E-state index contributed by atoms with van der Waals surface area (Å²) in [7, 11) is 1.51. The van der Waals surface area contributed by atoms with Crippen molar-refractivity contribution in [2.45, 2.75) is 26.9 Å². The summed E-state index contributed by atoms with van der Waals surface area (Å²) in [5, 5.41) is 10.8. The molecule has 25 heavy (non-hydrogen) atoms. The second-order valence-corrected chi connectivity index (χ2v) is 5.76. The van der Waals surface area contributed by atoms with E-state index in [0.717, 1.165) is 5.39 Å². The number of fused-ring (bicyclic) bond motifs is 1. The van der Waals surface area contributed by atoms with E-state index in [2.05, 4.69) is 16.0 Å². The molecule has 0 amide bonds. The highest BCUT2D eigenvalue weighted by molar-refractivity contribution is 5.95. The molecule has 0 saturated carbocycles. The van der Waals surface area contributed by atoms with Gasteiger partial charge in [-0.05, 0) is 50.4 Å². The van der Waals surface area contributed by atoms with Crippen LogP contribution in [0.2, 0.25) is 0 Å². The van der Waals surface area contributed by atoms with E-state index in [9.17, 15) is 5.26 Å². The van der Waals surface area contributed by atoms with E-state index in [1.807, 2.05) is 13.8 Å². The Kier molecular flexibility index (Phi) is 5.45. The topological polar surface area (TPSA) is 120 Å². The van der Waals surface area contributed by atoms with Gasteiger partial charge < -0.3 is 20.9 Å². The van der Waals surface area contributed by atoms with Crippen molar-refractivity contribution in [3.8, 4) is 17.7 Å². The molecule has 1 heterocycles. The molecule has 2 aromatic rings. The van der Waals surface area contributed by atoms with Crippen LogP contribution in [0, 0.1) is 11.3 Å². The van der Waals surface area contributed by atoms with Gasteiger partial charge >= 0.3 is 0 Å². The largest absolute Gasteiger partial charge is 0.495 e. The number of aromatic nitrogens is 1. The molecule has 0 bridgehead atoms. The molecule has 0 unspecified atom stereocenters. The van der Waals surface area contributed by atoms with Crippen molar-refractivity contribution in [3.63, 3.8) is 0 Å². The fraction of sp³-hybridized carbons (Fsp3) is 0.278. The van der Waals surface area contributed by atoms with E-state index in [0.29, 0.717) is 34.1 Å². The first-order valence-electron chi connectivity index (χ1n) is 7.71. The van der Waals surface area contributed by atoms with Gasteiger partial charge in [0.15, 0.2) is 5.82 Å². The second-order valence-electron chi connectivity index (χ2n) is 5.76. The molecule has 0 atom stereocenters. The minimum Gasteiger partial charge on any atom is -0.495 e. The third-order valence-corrected chi connectivity index (χ3v) is 3.19. The molecular formula is C18H21N5O2. The fourth-order valence-electron chi connectivity index (χ4n) is 2.26. The number of hydrogen-bond acceptors (Lipinski definition) is 6. The molecule has 1 aromatic heterocycles. The SMILES string of the molecule is COc1cc2cc(/N=C(N)\C=C(\C)N)nc(OC(C)C)c2cc1C#N. The summed E-state index contributed by atoms with van der Waals surface area (Å²) in [6.45, 7) is 5.51. The number of amidine groups is 1. The van der Waals surface area contributed by atoms with Crippen LogP contribution in [0.1, 0.15) is 26.3 Å². The molecule has 7 nitrogen and oxygen atoms in total. The van der Waals surface area contributed by atoms with Crippen molar-refractivity contribution in [2.75, 3.05) is 7.11 Å². The standard InChI is InChI=1S/C18H21N5O2/c1-10(2)25-18-14-6-13(9-19)15(24-4)7-12(14)8-17(23-18)22-16(21)5-11(3)20/h5-8,10H,20H2,1-4H3,(H2,21,22,23)/b11-5-. The van der Waals surface area contributed by atoms with Gasteiger partial charge in [-0.1, -0.05) is 0 Å². The molecule has 4 N–H and O–H groups in total. The number of nitrogens with two attached hydrogens (primary N) is 2. The van der Waals surface area contributed by atoms with Gasteiger partial charge in [0.2, 0.25) is 5.88 Å². The van der Waals surface area contributed by atoms with E-state index < -0.39 is 0 Å². The van der Waals surface area contributed by atoms with Crippen LogP contribution in [-0.4, -0.2) is 24.0 Å². The average molecular weight is 339 g/mol. The predicted octanol–water partition coefficient (Wildman–Crippen LogP) is 2.75. The fourth-order valence-corrected chi connectivity index (χ4v) is 2.26. The Bertz CT molecular complexity index is 890. The first-order valence-corrected chi connectivity index (χ1v) is 7.71. The van der Waals surface area contributed by atoms with Gasteiger partial charge in [0, 0.05) is 11.1 Å². The minimum atomic E-state index is -0.0916. The van der Waals surface area contributed by atoms with Crippen LogP contribution in [-0.2, 0) is 0 Å². The number of hydrogen-bond donors (Lipinski definition) is 2. The lowest BCUT2D eigenvalue weighted by atomic mass is 10.1. The Balaban J connectivity index is 2.70. The highest BCUT2D eigenvalue weighted by atomic mass is 16.5. The van der Waals surface area contributed by atoms with Crippen LogP contribution in [0.4, 0.5) is 5.82 Å². The molecular weight excluding hydrogens is 318 g/mol. The van der Waals surface area contributed by atoms with Gasteiger partial charge in [0.25, 0.3) is 0 Å². The Morgan fingerprint density at radius 2 is 2.04 bits per heavy atom. The van der Waals surface area contributed by atoms with Gasteiger partial charge in [-0.3, -0.25) is 0 Å². The van der Waals surface area contributed by atoms with Crippen LogP contribution in [0.25, 0.3) is 10.8 Å². The summed E-state index contributed by atoms with van der Waals surface area (Å²) in [5.74, 6) is 1.47. The van der Waals surface area contributed by atoms with E-state index >= 15 is 0 Å². The molecule has 0 radical (unpaired) electrons. The maximum absolute atomic E-state index is 9.29. The highest BCUT2D eigenvalue weighted by Gasteiger charge is 2.13. The van der Waals surface area contributed by atoms with E-state index in [-0.39, 0.29) is 11.9 Å². The van der Waals surface area contributed by atoms with Crippen molar-refractivity contribution in [1.29, 1.82) is 5.26 Å². The van der Waals surface area contributed by atoms with Crippen LogP contribution in [0.15, 0.2) is 35.0 Å². The number of allylic oxidation sites excluding steroid dienone is 1. The number of ether oxygens (including phenoxy) is 2.